The van der Waals surface area contributed by atoms with Gasteiger partial charge in [0.05, 0.1) is 42.3 Å². The minimum absolute atomic E-state index is 0.0123. The van der Waals surface area contributed by atoms with E-state index in [-0.39, 0.29) is 54.0 Å². The van der Waals surface area contributed by atoms with Crippen molar-refractivity contribution >= 4 is 29.5 Å². The monoisotopic (exact) mass is 829 g/mol. The summed E-state index contributed by atoms with van der Waals surface area (Å²) in [6, 6.07) is 7.41. The third-order valence-electron chi connectivity index (χ3n) is 11.8. The molecule has 7 rings (SSSR count). The molecule has 2 N–H and O–H groups in total. The molecule has 1 saturated carbocycles. The first-order valence-electron chi connectivity index (χ1n) is 20.3. The van der Waals surface area contributed by atoms with Crippen molar-refractivity contribution in [3.63, 3.8) is 0 Å². The number of aromatic nitrogens is 4. The highest BCUT2D eigenvalue weighted by Crippen LogP contribution is 2.49. The highest BCUT2D eigenvalue weighted by Gasteiger charge is 2.49. The van der Waals surface area contributed by atoms with Crippen molar-refractivity contribution in [2.75, 3.05) is 46.2 Å². The van der Waals surface area contributed by atoms with Crippen molar-refractivity contribution in [1.29, 1.82) is 0 Å². The lowest BCUT2D eigenvalue weighted by atomic mass is 9.72. The van der Waals surface area contributed by atoms with E-state index >= 15 is 8.78 Å². The highest BCUT2D eigenvalue weighted by atomic mass is 19.1. The number of benzene rings is 2. The molecule has 3 aliphatic rings. The zero-order valence-corrected chi connectivity index (χ0v) is 35.2. The van der Waals surface area contributed by atoms with Crippen LogP contribution in [-0.4, -0.2) is 104 Å². The summed E-state index contributed by atoms with van der Waals surface area (Å²) in [4.78, 5) is 61.5. The maximum absolute atomic E-state index is 15.3. The number of ether oxygens (including phenoxy) is 2. The summed E-state index contributed by atoms with van der Waals surface area (Å²) in [6.45, 7) is 9.42. The van der Waals surface area contributed by atoms with Crippen LogP contribution in [0.5, 0.6) is 5.75 Å². The number of fused-ring (bicyclic) bond motifs is 2. The van der Waals surface area contributed by atoms with Gasteiger partial charge in [0.2, 0.25) is 0 Å². The van der Waals surface area contributed by atoms with E-state index in [1.54, 1.807) is 35.5 Å². The van der Waals surface area contributed by atoms with Gasteiger partial charge < -0.3 is 34.5 Å². The van der Waals surface area contributed by atoms with Crippen molar-refractivity contribution in [3.05, 3.63) is 93.8 Å². The van der Waals surface area contributed by atoms with Gasteiger partial charge in [-0.3, -0.25) is 24.0 Å². The number of amides is 4. The Labute approximate surface area is 348 Å². The molecule has 0 unspecified atom stereocenters. The van der Waals surface area contributed by atoms with Crippen LogP contribution >= 0.6 is 0 Å². The van der Waals surface area contributed by atoms with Crippen molar-refractivity contribution < 1.29 is 37.4 Å². The molecule has 2 aromatic heterocycles. The van der Waals surface area contributed by atoms with Gasteiger partial charge in [0, 0.05) is 87.5 Å². The van der Waals surface area contributed by atoms with Gasteiger partial charge in [-0.25, -0.2) is 18.6 Å². The predicted molar refractivity (Wildman–Crippen MR) is 218 cm³/mol. The highest BCUT2D eigenvalue weighted by molar-refractivity contribution is 6.05. The standard InChI is InChI=1S/C43H53F2N9O6/c1-26-31(23-48-54(26)30-11-15-51(16-12-30)41(58)60-42(2,3)4)38(55)49-29-10-9-27(35(21-29)59-7)22-47-39(56)37-46-24-36-43(13-8-14-43)52(17-18-53(36)37)25-32-33(44)19-28(20-34(32)45)40(57)50(5)6/h9-10,19-21,23-24,30H,8,11-18,22,25H2,1-7H3,(H,47,56)(H,49,55). The quantitative estimate of drug-likeness (QED) is 0.195. The zero-order valence-electron chi connectivity index (χ0n) is 35.2. The van der Waals surface area contributed by atoms with Crippen molar-refractivity contribution in [2.24, 2.45) is 0 Å². The lowest BCUT2D eigenvalue weighted by Crippen LogP contribution is -2.56. The molecule has 1 saturated heterocycles. The lowest BCUT2D eigenvalue weighted by molar-refractivity contribution is -0.0229. The molecular formula is C43H53F2N9O6. The number of hydrogen-bond acceptors (Lipinski definition) is 9. The SMILES string of the molecule is COc1cc(NC(=O)c2cnn(C3CCN(C(=O)OC(C)(C)C)CC3)c2C)ccc1CNC(=O)c1ncc2n1CCN(Cc1c(F)cc(C(=O)N(C)C)cc1F)C21CCC1. The second-order valence-corrected chi connectivity index (χ2v) is 17.0. The summed E-state index contributed by atoms with van der Waals surface area (Å²) in [5, 5.41) is 10.4. The molecule has 2 fully saturated rings. The molecule has 4 heterocycles. The maximum atomic E-state index is 15.3. The Kier molecular flexibility index (Phi) is 11.7. The maximum Gasteiger partial charge on any atom is 0.410 e. The van der Waals surface area contributed by atoms with Crippen molar-refractivity contribution in [2.45, 2.75) is 96.6 Å². The number of anilines is 1. The summed E-state index contributed by atoms with van der Waals surface area (Å²) in [7, 11) is 4.57. The van der Waals surface area contributed by atoms with E-state index in [2.05, 4.69) is 25.6 Å². The predicted octanol–water partition coefficient (Wildman–Crippen LogP) is 6.03. The molecule has 60 heavy (non-hydrogen) atoms. The smallest absolute Gasteiger partial charge is 0.410 e. The summed E-state index contributed by atoms with van der Waals surface area (Å²) in [6.07, 6.45) is 6.70. The molecule has 4 amide bonds. The second-order valence-electron chi connectivity index (χ2n) is 17.0. The van der Waals surface area contributed by atoms with Gasteiger partial charge in [0.15, 0.2) is 5.82 Å². The van der Waals surface area contributed by atoms with Gasteiger partial charge >= 0.3 is 6.09 Å². The molecule has 2 aliphatic heterocycles. The van der Waals surface area contributed by atoms with Crippen LogP contribution in [0.15, 0.2) is 42.7 Å². The van der Waals surface area contributed by atoms with Crippen LogP contribution in [0.4, 0.5) is 19.3 Å². The molecule has 1 spiro atoms. The Morgan fingerprint density at radius 2 is 1.67 bits per heavy atom. The van der Waals surface area contributed by atoms with E-state index in [0.29, 0.717) is 61.6 Å². The number of piperidine rings is 1. The zero-order chi connectivity index (χ0) is 43.1. The molecule has 17 heteroatoms. The van der Waals surface area contributed by atoms with E-state index in [1.807, 2.05) is 36.9 Å². The number of rotatable bonds is 10. The number of hydrogen-bond donors (Lipinski definition) is 2. The number of nitrogens with one attached hydrogen (secondary N) is 2. The van der Waals surface area contributed by atoms with Crippen LogP contribution in [-0.2, 0) is 29.9 Å². The number of carbonyl (C=O) groups is 4. The number of halogens is 2. The third-order valence-corrected chi connectivity index (χ3v) is 11.8. The number of imidazole rings is 1. The number of carbonyl (C=O) groups excluding carboxylic acids is 4. The van der Waals surface area contributed by atoms with Crippen LogP contribution in [0.2, 0.25) is 0 Å². The van der Waals surface area contributed by atoms with Gasteiger partial charge in [-0.2, -0.15) is 5.10 Å². The fourth-order valence-electron chi connectivity index (χ4n) is 8.45. The molecule has 2 aromatic carbocycles. The topological polar surface area (TPSA) is 156 Å². The normalized spacial score (nSPS) is 16.5. The Morgan fingerprint density at radius 1 is 0.967 bits per heavy atom. The van der Waals surface area contributed by atoms with Crippen LogP contribution in [0, 0.1) is 18.6 Å². The molecule has 0 bridgehead atoms. The number of methoxy groups -OCH3 is 1. The van der Waals surface area contributed by atoms with Gasteiger partial charge in [0.1, 0.15) is 23.0 Å². The summed E-state index contributed by atoms with van der Waals surface area (Å²) < 4.78 is 45.5. The Bertz CT molecular complexity index is 2280. The van der Waals surface area contributed by atoms with Crippen molar-refractivity contribution in [1.82, 2.24) is 39.3 Å². The van der Waals surface area contributed by atoms with Crippen LogP contribution in [0.25, 0.3) is 0 Å². The molecule has 0 atom stereocenters. The average Bonchev–Trinajstić information content (AvgIpc) is 3.80. The fraction of sp³-hybridized carbons (Fsp3) is 0.488. The Hall–Kier alpha value is -5.84. The number of nitrogens with zero attached hydrogens (tertiary/aromatic N) is 7. The van der Waals surface area contributed by atoms with Crippen LogP contribution in [0.3, 0.4) is 0 Å². The van der Waals surface area contributed by atoms with Gasteiger partial charge in [-0.1, -0.05) is 6.07 Å². The first-order chi connectivity index (χ1) is 28.5. The average molecular weight is 830 g/mol. The summed E-state index contributed by atoms with van der Waals surface area (Å²) >= 11 is 0. The Morgan fingerprint density at radius 3 is 2.28 bits per heavy atom. The summed E-state index contributed by atoms with van der Waals surface area (Å²) in [5.41, 5.74) is 1.92. The van der Waals surface area contributed by atoms with Gasteiger partial charge in [0.25, 0.3) is 17.7 Å². The molecule has 320 valence electrons. The molecule has 4 aromatic rings. The molecule has 0 radical (unpaired) electrons. The largest absolute Gasteiger partial charge is 0.496 e. The van der Waals surface area contributed by atoms with Gasteiger partial charge in [-0.15, -0.1) is 0 Å². The van der Waals surface area contributed by atoms with E-state index in [9.17, 15) is 19.2 Å². The third kappa shape index (κ3) is 8.31. The van der Waals surface area contributed by atoms with E-state index in [1.165, 1.54) is 26.1 Å². The second kappa shape index (κ2) is 16.7. The van der Waals surface area contributed by atoms with E-state index in [4.69, 9.17) is 9.47 Å². The van der Waals surface area contributed by atoms with Crippen LogP contribution in [0.1, 0.15) is 113 Å². The minimum atomic E-state index is -0.770. The number of likely N-dealkylation sites (tertiary alicyclic amines) is 1. The van der Waals surface area contributed by atoms with Gasteiger partial charge in [-0.05, 0) is 78.0 Å². The molecular weight excluding hydrogens is 777 g/mol. The summed E-state index contributed by atoms with van der Waals surface area (Å²) in [5.74, 6) is -2.03. The first-order valence-corrected chi connectivity index (χ1v) is 20.3. The first kappa shape index (κ1) is 42.3. The minimum Gasteiger partial charge on any atom is -0.496 e. The van der Waals surface area contributed by atoms with E-state index in [0.717, 1.165) is 42.8 Å². The molecule has 1 aliphatic carbocycles. The molecule has 15 nitrogen and oxygen atoms in total. The van der Waals surface area contributed by atoms with E-state index < -0.39 is 28.7 Å². The lowest BCUT2D eigenvalue weighted by Gasteiger charge is -2.53. The Balaban J connectivity index is 0.969. The van der Waals surface area contributed by atoms with Crippen LogP contribution < -0.4 is 15.4 Å². The van der Waals surface area contributed by atoms with Crippen molar-refractivity contribution in [3.8, 4) is 5.75 Å². The fourth-order valence-corrected chi connectivity index (χ4v) is 8.45.